The van der Waals surface area contributed by atoms with Crippen molar-refractivity contribution >= 4 is 17.5 Å². The highest BCUT2D eigenvalue weighted by Crippen LogP contribution is 2.20. The van der Waals surface area contributed by atoms with Crippen molar-refractivity contribution in [2.45, 2.75) is 20.4 Å². The molecule has 24 heavy (non-hydrogen) atoms. The zero-order valence-electron chi connectivity index (χ0n) is 13.5. The lowest BCUT2D eigenvalue weighted by atomic mass is 10.2. The predicted molar refractivity (Wildman–Crippen MR) is 93.5 cm³/mol. The number of hydrogen-bond acceptors (Lipinski definition) is 3. The summed E-state index contributed by atoms with van der Waals surface area (Å²) in [7, 11) is 0. The Morgan fingerprint density at radius 3 is 2.62 bits per heavy atom. The van der Waals surface area contributed by atoms with Crippen molar-refractivity contribution in [3.63, 3.8) is 0 Å². The van der Waals surface area contributed by atoms with E-state index < -0.39 is 0 Å². The third kappa shape index (κ3) is 3.31. The van der Waals surface area contributed by atoms with Gasteiger partial charge in [-0.05, 0) is 37.1 Å². The summed E-state index contributed by atoms with van der Waals surface area (Å²) in [5.41, 5.74) is 3.76. The third-order valence-corrected chi connectivity index (χ3v) is 4.21. The highest BCUT2D eigenvalue weighted by Gasteiger charge is 2.17. The smallest absolute Gasteiger partial charge is 0.274 e. The highest BCUT2D eigenvalue weighted by molar-refractivity contribution is 6.31. The van der Waals surface area contributed by atoms with E-state index in [-0.39, 0.29) is 5.91 Å². The van der Waals surface area contributed by atoms with Crippen LogP contribution in [0.3, 0.4) is 0 Å². The molecule has 0 unspecified atom stereocenters. The van der Waals surface area contributed by atoms with E-state index in [1.54, 1.807) is 4.68 Å². The average molecular weight is 341 g/mol. The Bertz CT molecular complexity index is 874. The van der Waals surface area contributed by atoms with Gasteiger partial charge in [0.2, 0.25) is 0 Å². The summed E-state index contributed by atoms with van der Waals surface area (Å²) in [4.78, 5) is 12.4. The van der Waals surface area contributed by atoms with Crippen molar-refractivity contribution in [2.24, 2.45) is 0 Å². The van der Waals surface area contributed by atoms with Crippen LogP contribution in [-0.2, 0) is 6.54 Å². The number of halogens is 1. The topological polar surface area (TPSA) is 59.8 Å². The molecule has 5 nitrogen and oxygen atoms in total. The largest absolute Gasteiger partial charge is 0.347 e. The fourth-order valence-electron chi connectivity index (χ4n) is 2.36. The SMILES string of the molecule is Cc1ccc(-n2nnc(C(=O)NCc3ccccc3)c2C)cc1Cl. The lowest BCUT2D eigenvalue weighted by Crippen LogP contribution is -2.24. The molecule has 122 valence electrons. The normalized spacial score (nSPS) is 10.6. The summed E-state index contributed by atoms with van der Waals surface area (Å²) in [5, 5.41) is 11.6. The molecule has 6 heteroatoms. The molecule has 0 spiro atoms. The van der Waals surface area contributed by atoms with Crippen LogP contribution in [0.2, 0.25) is 5.02 Å². The van der Waals surface area contributed by atoms with E-state index in [2.05, 4.69) is 15.6 Å². The number of hydrogen-bond donors (Lipinski definition) is 1. The zero-order valence-corrected chi connectivity index (χ0v) is 14.2. The first-order chi connectivity index (χ1) is 11.6. The fourth-order valence-corrected chi connectivity index (χ4v) is 2.53. The van der Waals surface area contributed by atoms with Crippen LogP contribution in [0, 0.1) is 13.8 Å². The number of nitrogens with one attached hydrogen (secondary N) is 1. The maximum atomic E-state index is 12.4. The molecule has 1 amide bonds. The van der Waals surface area contributed by atoms with Gasteiger partial charge in [-0.15, -0.1) is 5.10 Å². The quantitative estimate of drug-likeness (QED) is 0.791. The summed E-state index contributed by atoms with van der Waals surface area (Å²) < 4.78 is 1.61. The number of aryl methyl sites for hydroxylation is 1. The summed E-state index contributed by atoms with van der Waals surface area (Å²) >= 11 is 6.16. The Hall–Kier alpha value is -2.66. The monoisotopic (exact) mass is 340 g/mol. The Morgan fingerprint density at radius 1 is 1.17 bits per heavy atom. The minimum atomic E-state index is -0.249. The number of carbonyl (C=O) groups excluding carboxylic acids is 1. The van der Waals surface area contributed by atoms with E-state index in [0.29, 0.717) is 23.0 Å². The molecule has 1 N–H and O–H groups in total. The van der Waals surface area contributed by atoms with E-state index in [4.69, 9.17) is 11.6 Å². The first kappa shape index (κ1) is 16.2. The van der Waals surface area contributed by atoms with E-state index in [0.717, 1.165) is 16.8 Å². The maximum Gasteiger partial charge on any atom is 0.274 e. The van der Waals surface area contributed by atoms with Crippen LogP contribution in [-0.4, -0.2) is 20.9 Å². The Kier molecular flexibility index (Phi) is 4.62. The van der Waals surface area contributed by atoms with Crippen molar-refractivity contribution in [3.8, 4) is 5.69 Å². The van der Waals surface area contributed by atoms with Crippen molar-refractivity contribution in [1.29, 1.82) is 0 Å². The molecule has 0 aliphatic rings. The summed E-state index contributed by atoms with van der Waals surface area (Å²) in [6.45, 7) is 4.19. The summed E-state index contributed by atoms with van der Waals surface area (Å²) in [6.07, 6.45) is 0. The second kappa shape index (κ2) is 6.84. The maximum absolute atomic E-state index is 12.4. The molecule has 0 saturated carbocycles. The number of nitrogens with zero attached hydrogens (tertiary/aromatic N) is 3. The zero-order chi connectivity index (χ0) is 17.1. The minimum Gasteiger partial charge on any atom is -0.347 e. The minimum absolute atomic E-state index is 0.249. The van der Waals surface area contributed by atoms with Gasteiger partial charge in [-0.2, -0.15) is 0 Å². The molecule has 3 aromatic rings. The van der Waals surface area contributed by atoms with Gasteiger partial charge in [-0.25, -0.2) is 4.68 Å². The van der Waals surface area contributed by atoms with E-state index in [1.165, 1.54) is 0 Å². The van der Waals surface area contributed by atoms with Crippen LogP contribution < -0.4 is 5.32 Å². The van der Waals surface area contributed by atoms with Gasteiger partial charge in [0.05, 0.1) is 11.4 Å². The van der Waals surface area contributed by atoms with Gasteiger partial charge in [0, 0.05) is 11.6 Å². The first-order valence-corrected chi connectivity index (χ1v) is 7.95. The van der Waals surface area contributed by atoms with Gasteiger partial charge in [-0.1, -0.05) is 53.2 Å². The number of rotatable bonds is 4. The molecule has 1 heterocycles. The van der Waals surface area contributed by atoms with Gasteiger partial charge in [0.15, 0.2) is 5.69 Å². The van der Waals surface area contributed by atoms with Gasteiger partial charge in [-0.3, -0.25) is 4.79 Å². The van der Waals surface area contributed by atoms with E-state index >= 15 is 0 Å². The summed E-state index contributed by atoms with van der Waals surface area (Å²) in [5.74, 6) is -0.249. The third-order valence-electron chi connectivity index (χ3n) is 3.81. The highest BCUT2D eigenvalue weighted by atomic mass is 35.5. The Balaban J connectivity index is 1.79. The lowest BCUT2D eigenvalue weighted by molar-refractivity contribution is 0.0945. The Morgan fingerprint density at radius 2 is 1.92 bits per heavy atom. The molecule has 1 aromatic heterocycles. The molecular weight excluding hydrogens is 324 g/mol. The van der Waals surface area contributed by atoms with Crippen LogP contribution in [0.25, 0.3) is 5.69 Å². The van der Waals surface area contributed by atoms with E-state index in [9.17, 15) is 4.79 Å². The van der Waals surface area contributed by atoms with Crippen LogP contribution in [0.4, 0.5) is 0 Å². The molecule has 0 fully saturated rings. The van der Waals surface area contributed by atoms with Crippen LogP contribution in [0.15, 0.2) is 48.5 Å². The molecule has 0 aliphatic carbocycles. The first-order valence-electron chi connectivity index (χ1n) is 7.57. The van der Waals surface area contributed by atoms with Crippen LogP contribution in [0.5, 0.6) is 0 Å². The van der Waals surface area contributed by atoms with Gasteiger partial charge in [0.25, 0.3) is 5.91 Å². The average Bonchev–Trinajstić information content (AvgIpc) is 2.98. The second-order valence-corrected chi connectivity index (χ2v) is 5.94. The summed E-state index contributed by atoms with van der Waals surface area (Å²) in [6, 6.07) is 15.3. The van der Waals surface area contributed by atoms with Gasteiger partial charge < -0.3 is 5.32 Å². The molecule has 0 bridgehead atoms. The molecule has 3 rings (SSSR count). The standard InChI is InChI=1S/C18H17ClN4O/c1-12-8-9-15(10-16(12)19)23-13(2)17(21-22-23)18(24)20-11-14-6-4-3-5-7-14/h3-10H,11H2,1-2H3,(H,20,24). The molecule has 0 aliphatic heterocycles. The number of amides is 1. The van der Waals surface area contributed by atoms with Gasteiger partial charge >= 0.3 is 0 Å². The molecular formula is C18H17ClN4O. The second-order valence-electron chi connectivity index (χ2n) is 5.54. The molecule has 0 saturated heterocycles. The van der Waals surface area contributed by atoms with Gasteiger partial charge in [0.1, 0.15) is 0 Å². The molecule has 2 aromatic carbocycles. The number of aromatic nitrogens is 3. The number of benzene rings is 2. The Labute approximate surface area is 145 Å². The van der Waals surface area contributed by atoms with Crippen molar-refractivity contribution < 1.29 is 4.79 Å². The van der Waals surface area contributed by atoms with Crippen molar-refractivity contribution in [1.82, 2.24) is 20.3 Å². The van der Waals surface area contributed by atoms with Crippen LogP contribution >= 0.6 is 11.6 Å². The van der Waals surface area contributed by atoms with Crippen LogP contribution in [0.1, 0.15) is 27.3 Å². The fraction of sp³-hybridized carbons (Fsp3) is 0.167. The lowest BCUT2D eigenvalue weighted by Gasteiger charge is -2.06. The van der Waals surface area contributed by atoms with Crippen molar-refractivity contribution in [2.75, 3.05) is 0 Å². The number of carbonyl (C=O) groups is 1. The van der Waals surface area contributed by atoms with Crippen molar-refractivity contribution in [3.05, 3.63) is 76.1 Å². The molecule has 0 atom stereocenters. The van der Waals surface area contributed by atoms with E-state index in [1.807, 2.05) is 62.4 Å². The predicted octanol–water partition coefficient (Wildman–Crippen LogP) is 3.47. The molecule has 0 radical (unpaired) electrons.